The van der Waals surface area contributed by atoms with Crippen LogP contribution in [-0.4, -0.2) is 24.8 Å². The number of ether oxygens (including phenoxy) is 1. The minimum atomic E-state index is -3.90. The number of aromatic nitrogens is 2. The highest BCUT2D eigenvalue weighted by atomic mass is 79.9. The van der Waals surface area contributed by atoms with Gasteiger partial charge in [0, 0.05) is 27.1 Å². The van der Waals surface area contributed by atoms with E-state index in [-0.39, 0.29) is 11.3 Å². The topological polar surface area (TPSA) is 61.2 Å². The summed E-state index contributed by atoms with van der Waals surface area (Å²) in [5.41, 5.74) is 0.708. The molecule has 0 saturated carbocycles. The molecule has 2 heterocycles. The van der Waals surface area contributed by atoms with Gasteiger partial charge in [0.15, 0.2) is 6.23 Å². The fourth-order valence-corrected chi connectivity index (χ4v) is 3.72. The van der Waals surface area contributed by atoms with E-state index in [1.807, 2.05) is 12.1 Å². The summed E-state index contributed by atoms with van der Waals surface area (Å²) in [5.74, 6) is 0. The molecule has 1 saturated heterocycles. The van der Waals surface area contributed by atoms with Crippen molar-refractivity contribution in [3.05, 3.63) is 22.7 Å². The number of rotatable bonds is 2. The van der Waals surface area contributed by atoms with Gasteiger partial charge in [-0.05, 0) is 37.5 Å². The number of nitrogens with zero attached hydrogens (tertiary/aromatic N) is 2. The molecule has 0 spiro atoms. The fourth-order valence-electron chi connectivity index (χ4n) is 2.40. The summed E-state index contributed by atoms with van der Waals surface area (Å²) in [7, 11) is 1.58. The molecular weight excluding hydrogens is 368 g/mol. The summed E-state index contributed by atoms with van der Waals surface area (Å²) in [5, 5.41) is 4.56. The molecule has 0 bridgehead atoms. The molecule has 1 aromatic carbocycles. The Morgan fingerprint density at radius 1 is 1.40 bits per heavy atom. The Morgan fingerprint density at radius 2 is 2.20 bits per heavy atom. The van der Waals surface area contributed by atoms with Crippen LogP contribution in [0.15, 0.2) is 27.7 Å². The second kappa shape index (κ2) is 5.29. The molecule has 1 unspecified atom stereocenters. The van der Waals surface area contributed by atoms with Crippen molar-refractivity contribution in [1.29, 1.82) is 0 Å². The van der Waals surface area contributed by atoms with Gasteiger partial charge >= 0.3 is 0 Å². The SMILES string of the molecule is O=S(=O)(Cl)c1nn(C2CCCCO2)c2ccc(Br)cc12. The van der Waals surface area contributed by atoms with E-state index in [4.69, 9.17) is 15.4 Å². The molecule has 0 radical (unpaired) electrons. The summed E-state index contributed by atoms with van der Waals surface area (Å²) < 4.78 is 31.4. The van der Waals surface area contributed by atoms with Gasteiger partial charge in [0.05, 0.1) is 5.52 Å². The Bertz CT molecular complexity index is 753. The number of hydrogen-bond donors (Lipinski definition) is 0. The highest BCUT2D eigenvalue weighted by Crippen LogP contribution is 2.32. The quantitative estimate of drug-likeness (QED) is 0.750. The Morgan fingerprint density at radius 3 is 2.85 bits per heavy atom. The van der Waals surface area contributed by atoms with Gasteiger partial charge < -0.3 is 4.74 Å². The lowest BCUT2D eigenvalue weighted by Gasteiger charge is -2.23. The van der Waals surface area contributed by atoms with Crippen molar-refractivity contribution in [1.82, 2.24) is 9.78 Å². The van der Waals surface area contributed by atoms with Crippen LogP contribution < -0.4 is 0 Å². The van der Waals surface area contributed by atoms with E-state index in [9.17, 15) is 8.42 Å². The monoisotopic (exact) mass is 378 g/mol. The molecule has 5 nitrogen and oxygen atoms in total. The zero-order valence-electron chi connectivity index (χ0n) is 10.4. The first-order valence-corrected chi connectivity index (χ1v) is 9.31. The van der Waals surface area contributed by atoms with Crippen LogP contribution >= 0.6 is 26.6 Å². The van der Waals surface area contributed by atoms with Gasteiger partial charge in [0.1, 0.15) is 0 Å². The van der Waals surface area contributed by atoms with Crippen LogP contribution in [0.1, 0.15) is 25.5 Å². The van der Waals surface area contributed by atoms with Gasteiger partial charge in [-0.15, -0.1) is 0 Å². The first-order chi connectivity index (χ1) is 9.47. The maximum atomic E-state index is 11.7. The highest BCUT2D eigenvalue weighted by molar-refractivity contribution is 9.10. The van der Waals surface area contributed by atoms with Gasteiger partial charge in [0.25, 0.3) is 9.05 Å². The van der Waals surface area contributed by atoms with Crippen LogP contribution in [0.3, 0.4) is 0 Å². The Balaban J connectivity index is 2.22. The van der Waals surface area contributed by atoms with E-state index in [2.05, 4.69) is 21.0 Å². The molecule has 1 aromatic heterocycles. The van der Waals surface area contributed by atoms with Crippen LogP contribution in [0.25, 0.3) is 10.9 Å². The first-order valence-electron chi connectivity index (χ1n) is 6.21. The zero-order valence-corrected chi connectivity index (χ0v) is 13.6. The Labute approximate surface area is 129 Å². The molecule has 1 fully saturated rings. The van der Waals surface area contributed by atoms with E-state index in [0.29, 0.717) is 17.5 Å². The van der Waals surface area contributed by atoms with Crippen LogP contribution in [0.5, 0.6) is 0 Å². The van der Waals surface area contributed by atoms with Crippen molar-refractivity contribution >= 4 is 46.6 Å². The number of fused-ring (bicyclic) bond motifs is 1. The maximum Gasteiger partial charge on any atom is 0.281 e. The Hall–Kier alpha value is -0.630. The average molecular weight is 380 g/mol. The lowest BCUT2D eigenvalue weighted by Crippen LogP contribution is -2.19. The molecule has 0 N–H and O–H groups in total. The summed E-state index contributed by atoms with van der Waals surface area (Å²) in [4.78, 5) is 0. The first kappa shape index (κ1) is 14.3. The van der Waals surface area contributed by atoms with Gasteiger partial charge in [-0.1, -0.05) is 15.9 Å². The largest absolute Gasteiger partial charge is 0.356 e. The predicted octanol–water partition coefficient (Wildman–Crippen LogP) is 3.43. The van der Waals surface area contributed by atoms with Crippen LogP contribution in [0.2, 0.25) is 0 Å². The smallest absolute Gasteiger partial charge is 0.281 e. The third-order valence-corrected chi connectivity index (χ3v) is 4.99. The van der Waals surface area contributed by atoms with E-state index in [1.54, 1.807) is 10.7 Å². The predicted molar refractivity (Wildman–Crippen MR) is 79.3 cm³/mol. The maximum absolute atomic E-state index is 11.7. The van der Waals surface area contributed by atoms with Gasteiger partial charge in [-0.2, -0.15) is 5.10 Å². The molecule has 0 amide bonds. The molecule has 108 valence electrons. The third kappa shape index (κ3) is 2.59. The summed E-state index contributed by atoms with van der Waals surface area (Å²) in [6.45, 7) is 0.658. The lowest BCUT2D eigenvalue weighted by molar-refractivity contribution is -0.0373. The van der Waals surface area contributed by atoms with Crippen molar-refractivity contribution in [2.45, 2.75) is 30.5 Å². The summed E-state index contributed by atoms with van der Waals surface area (Å²) in [6, 6.07) is 5.36. The van der Waals surface area contributed by atoms with Gasteiger partial charge in [-0.3, -0.25) is 0 Å². The van der Waals surface area contributed by atoms with Crippen molar-refractivity contribution in [2.75, 3.05) is 6.61 Å². The van der Waals surface area contributed by atoms with Crippen molar-refractivity contribution in [3.8, 4) is 0 Å². The number of hydrogen-bond acceptors (Lipinski definition) is 4. The molecule has 1 aliphatic rings. The molecule has 1 atom stereocenters. The summed E-state index contributed by atoms with van der Waals surface area (Å²) in [6.07, 6.45) is 2.63. The zero-order chi connectivity index (χ0) is 14.3. The van der Waals surface area contributed by atoms with E-state index in [1.165, 1.54) is 0 Å². The minimum absolute atomic E-state index is 0.121. The van der Waals surface area contributed by atoms with Crippen LogP contribution in [0.4, 0.5) is 0 Å². The second-order valence-electron chi connectivity index (χ2n) is 4.67. The molecule has 0 aliphatic carbocycles. The van der Waals surface area contributed by atoms with E-state index < -0.39 is 9.05 Å². The molecule has 20 heavy (non-hydrogen) atoms. The third-order valence-electron chi connectivity index (χ3n) is 3.29. The lowest BCUT2D eigenvalue weighted by atomic mass is 10.2. The van der Waals surface area contributed by atoms with Crippen molar-refractivity contribution in [3.63, 3.8) is 0 Å². The second-order valence-corrected chi connectivity index (χ2v) is 8.07. The fraction of sp³-hybridized carbons (Fsp3) is 0.417. The molecule has 3 rings (SSSR count). The van der Waals surface area contributed by atoms with Crippen molar-refractivity contribution in [2.24, 2.45) is 0 Å². The van der Waals surface area contributed by atoms with Gasteiger partial charge in [0.2, 0.25) is 5.03 Å². The number of benzene rings is 1. The average Bonchev–Trinajstić information content (AvgIpc) is 2.78. The van der Waals surface area contributed by atoms with Crippen molar-refractivity contribution < 1.29 is 13.2 Å². The molecule has 2 aromatic rings. The molecular formula is C12H12BrClN2O3S. The van der Waals surface area contributed by atoms with E-state index >= 15 is 0 Å². The molecule has 8 heteroatoms. The minimum Gasteiger partial charge on any atom is -0.356 e. The summed E-state index contributed by atoms with van der Waals surface area (Å²) >= 11 is 3.33. The van der Waals surface area contributed by atoms with E-state index in [0.717, 1.165) is 23.7 Å². The normalized spacial score (nSPS) is 20.4. The van der Waals surface area contributed by atoms with Crippen LogP contribution in [-0.2, 0) is 13.8 Å². The number of halogens is 2. The Kier molecular flexibility index (Phi) is 3.79. The van der Waals surface area contributed by atoms with Gasteiger partial charge in [-0.25, -0.2) is 13.1 Å². The standard InChI is InChI=1S/C12H12BrClN2O3S/c13-8-4-5-10-9(7-8)12(20(14,17)18)15-16(10)11-3-1-2-6-19-11/h4-5,7,11H,1-3,6H2. The highest BCUT2D eigenvalue weighted by Gasteiger charge is 2.25. The van der Waals surface area contributed by atoms with Crippen LogP contribution in [0, 0.1) is 0 Å². The molecule has 1 aliphatic heterocycles.